The van der Waals surface area contributed by atoms with Crippen molar-refractivity contribution in [2.75, 3.05) is 24.6 Å². The number of anilines is 2. The van der Waals surface area contributed by atoms with Crippen LogP contribution in [-0.2, 0) is 4.79 Å². The number of rotatable bonds is 4. The fourth-order valence-corrected chi connectivity index (χ4v) is 1.42. The summed E-state index contributed by atoms with van der Waals surface area (Å²) in [4.78, 5) is 17.5. The normalized spacial score (nSPS) is 11.4. The van der Waals surface area contributed by atoms with Gasteiger partial charge in [-0.3, -0.25) is 4.79 Å². The maximum absolute atomic E-state index is 11.9. The van der Waals surface area contributed by atoms with Gasteiger partial charge in [0.1, 0.15) is 17.9 Å². The van der Waals surface area contributed by atoms with Gasteiger partial charge in [0.25, 0.3) is 0 Å². The first-order chi connectivity index (χ1) is 8.49. The smallest absolute Gasteiger partial charge is 0.244 e. The Morgan fingerprint density at radius 3 is 2.89 bits per heavy atom. The molecule has 0 fully saturated rings. The Balaban J connectivity index is 2.79. The fourth-order valence-electron chi connectivity index (χ4n) is 1.42. The Morgan fingerprint density at radius 2 is 2.39 bits per heavy atom. The van der Waals surface area contributed by atoms with Crippen LogP contribution in [0.3, 0.4) is 0 Å². The second kappa shape index (κ2) is 5.87. The van der Waals surface area contributed by atoms with Crippen molar-refractivity contribution in [2.45, 2.75) is 19.9 Å². The molecule has 0 radical (unpaired) electrons. The summed E-state index contributed by atoms with van der Waals surface area (Å²) >= 11 is 0. The number of nitrogens with one attached hydrogen (secondary N) is 1. The zero-order chi connectivity index (χ0) is 13.7. The number of nitrogen functional groups attached to an aromatic ring is 1. The van der Waals surface area contributed by atoms with Crippen molar-refractivity contribution >= 4 is 17.4 Å². The SMILES string of the molecule is CCN(C)C(=O)C(C)Nc1ncc(C#N)cc1N. The van der Waals surface area contributed by atoms with Crippen LogP contribution in [0.1, 0.15) is 19.4 Å². The number of aromatic nitrogens is 1. The van der Waals surface area contributed by atoms with Gasteiger partial charge >= 0.3 is 0 Å². The first-order valence-corrected chi connectivity index (χ1v) is 5.66. The van der Waals surface area contributed by atoms with E-state index in [1.54, 1.807) is 18.9 Å². The summed E-state index contributed by atoms with van der Waals surface area (Å²) in [5.41, 5.74) is 6.50. The topological polar surface area (TPSA) is 95.0 Å². The Bertz CT molecular complexity index is 480. The molecule has 1 unspecified atom stereocenters. The zero-order valence-corrected chi connectivity index (χ0v) is 10.8. The molecule has 0 aliphatic heterocycles. The molecule has 0 spiro atoms. The van der Waals surface area contributed by atoms with E-state index in [0.29, 0.717) is 23.6 Å². The first-order valence-electron chi connectivity index (χ1n) is 5.66. The van der Waals surface area contributed by atoms with Gasteiger partial charge in [0, 0.05) is 19.8 Å². The zero-order valence-electron chi connectivity index (χ0n) is 10.8. The lowest BCUT2D eigenvalue weighted by Crippen LogP contribution is -2.39. The molecule has 0 bridgehead atoms. The molecule has 3 N–H and O–H groups in total. The molecule has 1 amide bonds. The molecule has 0 saturated carbocycles. The molecule has 0 aliphatic carbocycles. The molecule has 1 heterocycles. The maximum Gasteiger partial charge on any atom is 0.244 e. The van der Waals surface area contributed by atoms with Crippen LogP contribution in [0.25, 0.3) is 0 Å². The Morgan fingerprint density at radius 1 is 1.72 bits per heavy atom. The highest BCUT2D eigenvalue weighted by molar-refractivity contribution is 5.84. The van der Waals surface area contributed by atoms with Crippen LogP contribution in [0.2, 0.25) is 0 Å². The van der Waals surface area contributed by atoms with E-state index in [0.717, 1.165) is 0 Å². The third-order valence-corrected chi connectivity index (χ3v) is 2.62. The van der Waals surface area contributed by atoms with Gasteiger partial charge < -0.3 is 16.0 Å². The summed E-state index contributed by atoms with van der Waals surface area (Å²) in [6.45, 7) is 4.29. The van der Waals surface area contributed by atoms with Crippen molar-refractivity contribution in [2.24, 2.45) is 0 Å². The summed E-state index contributed by atoms with van der Waals surface area (Å²) in [6, 6.07) is 3.06. The monoisotopic (exact) mass is 247 g/mol. The lowest BCUT2D eigenvalue weighted by molar-refractivity contribution is -0.130. The lowest BCUT2D eigenvalue weighted by Gasteiger charge is -2.21. The maximum atomic E-state index is 11.9. The molecule has 1 aromatic heterocycles. The second-order valence-electron chi connectivity index (χ2n) is 3.99. The Labute approximate surface area is 106 Å². The van der Waals surface area contributed by atoms with Crippen LogP contribution >= 0.6 is 0 Å². The highest BCUT2D eigenvalue weighted by Crippen LogP contribution is 2.17. The second-order valence-corrected chi connectivity index (χ2v) is 3.99. The highest BCUT2D eigenvalue weighted by Gasteiger charge is 2.17. The van der Waals surface area contributed by atoms with Crippen molar-refractivity contribution in [1.82, 2.24) is 9.88 Å². The van der Waals surface area contributed by atoms with E-state index in [1.165, 1.54) is 12.3 Å². The van der Waals surface area contributed by atoms with Gasteiger partial charge in [0.05, 0.1) is 11.3 Å². The van der Waals surface area contributed by atoms with E-state index in [1.807, 2.05) is 13.0 Å². The minimum atomic E-state index is -0.419. The molecular weight excluding hydrogens is 230 g/mol. The van der Waals surface area contributed by atoms with Crippen LogP contribution < -0.4 is 11.1 Å². The minimum Gasteiger partial charge on any atom is -0.396 e. The number of hydrogen-bond acceptors (Lipinski definition) is 5. The van der Waals surface area contributed by atoms with E-state index in [4.69, 9.17) is 11.0 Å². The summed E-state index contributed by atoms with van der Waals surface area (Å²) in [5.74, 6) is 0.377. The van der Waals surface area contributed by atoms with Gasteiger partial charge in [-0.15, -0.1) is 0 Å². The molecular formula is C12H17N5O. The van der Waals surface area contributed by atoms with E-state index in [-0.39, 0.29) is 5.91 Å². The van der Waals surface area contributed by atoms with Gasteiger partial charge in [-0.2, -0.15) is 5.26 Å². The van der Waals surface area contributed by atoms with Gasteiger partial charge in [-0.25, -0.2) is 4.98 Å². The van der Waals surface area contributed by atoms with Crippen LogP contribution in [0.4, 0.5) is 11.5 Å². The fraction of sp³-hybridized carbons (Fsp3) is 0.417. The molecule has 6 nitrogen and oxygen atoms in total. The van der Waals surface area contributed by atoms with Gasteiger partial charge in [-0.05, 0) is 19.9 Å². The number of nitrogens with zero attached hydrogens (tertiary/aromatic N) is 3. The number of likely N-dealkylation sites (N-methyl/N-ethyl adjacent to an activating group) is 1. The summed E-state index contributed by atoms with van der Waals surface area (Å²) in [7, 11) is 1.73. The Hall–Kier alpha value is -2.29. The largest absolute Gasteiger partial charge is 0.396 e. The van der Waals surface area contributed by atoms with E-state index in [2.05, 4.69) is 10.3 Å². The van der Waals surface area contributed by atoms with Crippen molar-refractivity contribution < 1.29 is 4.79 Å². The summed E-state index contributed by atoms with van der Waals surface area (Å²) < 4.78 is 0. The van der Waals surface area contributed by atoms with Crippen LogP contribution in [-0.4, -0.2) is 35.4 Å². The predicted octanol–water partition coefficient (Wildman–Crippen LogP) is 0.814. The van der Waals surface area contributed by atoms with E-state index >= 15 is 0 Å². The first kappa shape index (κ1) is 13.8. The number of hydrogen-bond donors (Lipinski definition) is 2. The van der Waals surface area contributed by atoms with Crippen molar-refractivity contribution in [1.29, 1.82) is 5.26 Å². The van der Waals surface area contributed by atoms with E-state index in [9.17, 15) is 4.79 Å². The van der Waals surface area contributed by atoms with Gasteiger partial charge in [-0.1, -0.05) is 0 Å². The van der Waals surface area contributed by atoms with Gasteiger partial charge in [0.15, 0.2) is 0 Å². The summed E-state index contributed by atoms with van der Waals surface area (Å²) in [5, 5.41) is 11.6. The molecule has 0 aromatic carbocycles. The minimum absolute atomic E-state index is 0.0388. The molecule has 1 aromatic rings. The molecule has 0 aliphatic rings. The van der Waals surface area contributed by atoms with Crippen LogP contribution in [0, 0.1) is 11.3 Å². The molecule has 96 valence electrons. The number of pyridine rings is 1. The number of nitrogens with two attached hydrogens (primary N) is 1. The van der Waals surface area contributed by atoms with Gasteiger partial charge in [0.2, 0.25) is 5.91 Å². The highest BCUT2D eigenvalue weighted by atomic mass is 16.2. The number of carbonyl (C=O) groups is 1. The average Bonchev–Trinajstić information content (AvgIpc) is 2.38. The van der Waals surface area contributed by atoms with Crippen molar-refractivity contribution in [3.05, 3.63) is 17.8 Å². The van der Waals surface area contributed by atoms with Crippen LogP contribution in [0.5, 0.6) is 0 Å². The third-order valence-electron chi connectivity index (χ3n) is 2.62. The third kappa shape index (κ3) is 3.10. The predicted molar refractivity (Wildman–Crippen MR) is 69.8 cm³/mol. The average molecular weight is 247 g/mol. The molecule has 1 atom stereocenters. The standard InChI is InChI=1S/C12H17N5O/c1-4-17(3)12(18)8(2)16-11-10(14)5-9(6-13)7-15-11/h5,7-8H,4,14H2,1-3H3,(H,15,16). The lowest BCUT2D eigenvalue weighted by atomic mass is 10.2. The number of amides is 1. The molecule has 18 heavy (non-hydrogen) atoms. The number of nitriles is 1. The van der Waals surface area contributed by atoms with E-state index < -0.39 is 6.04 Å². The molecule has 1 rings (SSSR count). The van der Waals surface area contributed by atoms with Crippen molar-refractivity contribution in [3.8, 4) is 6.07 Å². The molecule has 0 saturated heterocycles. The van der Waals surface area contributed by atoms with Crippen LogP contribution in [0.15, 0.2) is 12.3 Å². The molecule has 6 heteroatoms. The van der Waals surface area contributed by atoms with Crippen molar-refractivity contribution in [3.63, 3.8) is 0 Å². The quantitative estimate of drug-likeness (QED) is 0.821. The summed E-state index contributed by atoms with van der Waals surface area (Å²) in [6.07, 6.45) is 1.42. The Kier molecular flexibility index (Phi) is 4.49. The number of carbonyl (C=O) groups excluding carboxylic acids is 1.